The minimum atomic E-state index is -5.54. The maximum Gasteiger partial charge on any atom is 0.534 e. The van der Waals surface area contributed by atoms with E-state index in [9.17, 15) is 21.6 Å². The molecule has 0 unspecified atom stereocenters. The van der Waals surface area contributed by atoms with Crippen LogP contribution in [0.4, 0.5) is 13.2 Å². The zero-order valence-electron chi connectivity index (χ0n) is 9.77. The van der Waals surface area contributed by atoms with Crippen LogP contribution in [0.2, 0.25) is 19.6 Å². The van der Waals surface area contributed by atoms with Gasteiger partial charge in [0.2, 0.25) is 0 Å². The van der Waals surface area contributed by atoms with Crippen LogP contribution in [0, 0.1) is 0 Å². The van der Waals surface area contributed by atoms with Gasteiger partial charge in [0.15, 0.2) is 0 Å². The Balaban J connectivity index is 5.20. The van der Waals surface area contributed by atoms with E-state index in [-0.39, 0.29) is 5.76 Å². The fourth-order valence-corrected chi connectivity index (χ4v) is 2.53. The third-order valence-corrected chi connectivity index (χ3v) is 5.81. The molecule has 0 radical (unpaired) electrons. The molecule has 16 heavy (non-hydrogen) atoms. The molecular formula is C8H15F3O3SSi. The summed E-state index contributed by atoms with van der Waals surface area (Å²) >= 11 is 0. The van der Waals surface area contributed by atoms with Crippen LogP contribution in [0.25, 0.3) is 0 Å². The molecule has 0 bridgehead atoms. The Morgan fingerprint density at radius 2 is 1.50 bits per heavy atom. The lowest BCUT2D eigenvalue weighted by atomic mass is 10.5. The molecule has 0 aromatic heterocycles. The van der Waals surface area contributed by atoms with Crippen molar-refractivity contribution < 1.29 is 25.8 Å². The Kier molecular flexibility index (Phi) is 4.26. The van der Waals surface area contributed by atoms with Crippen molar-refractivity contribution in [2.75, 3.05) is 0 Å². The second kappa shape index (κ2) is 4.40. The van der Waals surface area contributed by atoms with E-state index in [2.05, 4.69) is 4.18 Å². The van der Waals surface area contributed by atoms with Crippen molar-refractivity contribution in [1.82, 2.24) is 0 Å². The summed E-state index contributed by atoms with van der Waals surface area (Å²) in [6, 6.07) is 0. The SMILES string of the molecule is C/C(OS(=O)(=O)C(F)(F)F)=C(\C)[Si](C)(C)C. The standard InChI is InChI=1S/C8H15F3O3SSi/c1-6(7(2)16(3,4)5)14-15(12,13)8(9,10)11/h1-5H3/b7-6-. The van der Waals surface area contributed by atoms with Crippen molar-refractivity contribution in [1.29, 1.82) is 0 Å². The second-order valence-electron chi connectivity index (χ2n) is 4.41. The molecule has 0 fully saturated rings. The van der Waals surface area contributed by atoms with Gasteiger partial charge in [-0.05, 0) is 19.0 Å². The first-order chi connectivity index (χ1) is 6.79. The number of halogens is 3. The summed E-state index contributed by atoms with van der Waals surface area (Å²) in [6.07, 6.45) is 0. The largest absolute Gasteiger partial charge is 0.534 e. The highest BCUT2D eigenvalue weighted by molar-refractivity contribution is 7.87. The molecule has 0 saturated carbocycles. The van der Waals surface area contributed by atoms with Gasteiger partial charge in [-0.3, -0.25) is 0 Å². The van der Waals surface area contributed by atoms with Gasteiger partial charge in [0, 0.05) is 0 Å². The minimum Gasteiger partial charge on any atom is -0.381 e. The van der Waals surface area contributed by atoms with E-state index in [1.807, 2.05) is 19.6 Å². The van der Waals surface area contributed by atoms with Crippen LogP contribution in [0.1, 0.15) is 13.8 Å². The molecule has 0 amide bonds. The Labute approximate surface area is 94.4 Å². The molecule has 0 aliphatic heterocycles. The predicted molar refractivity (Wildman–Crippen MR) is 57.8 cm³/mol. The normalized spacial score (nSPS) is 15.8. The molecule has 3 nitrogen and oxygen atoms in total. The predicted octanol–water partition coefficient (Wildman–Crippen LogP) is 3.02. The lowest BCUT2D eigenvalue weighted by Crippen LogP contribution is -2.28. The molecule has 0 aromatic carbocycles. The number of hydrogen-bond donors (Lipinski definition) is 0. The van der Waals surface area contributed by atoms with Crippen LogP contribution >= 0.6 is 0 Å². The summed E-state index contributed by atoms with van der Waals surface area (Å²) in [7, 11) is -7.40. The second-order valence-corrected chi connectivity index (χ2v) is 11.2. The Morgan fingerprint density at radius 1 is 1.12 bits per heavy atom. The van der Waals surface area contributed by atoms with E-state index in [0.29, 0.717) is 5.20 Å². The zero-order chi connectivity index (χ0) is 13.4. The van der Waals surface area contributed by atoms with Gasteiger partial charge < -0.3 is 4.18 Å². The van der Waals surface area contributed by atoms with E-state index < -0.39 is 23.7 Å². The summed E-state index contributed by atoms with van der Waals surface area (Å²) in [5.41, 5.74) is -5.38. The average molecular weight is 276 g/mol. The fourth-order valence-electron chi connectivity index (χ4n) is 0.802. The molecule has 0 atom stereocenters. The van der Waals surface area contributed by atoms with Crippen LogP contribution in [-0.2, 0) is 14.3 Å². The van der Waals surface area contributed by atoms with E-state index in [0.717, 1.165) is 0 Å². The summed E-state index contributed by atoms with van der Waals surface area (Å²) in [4.78, 5) is 0. The summed E-state index contributed by atoms with van der Waals surface area (Å²) in [5, 5.41) is 0.584. The molecule has 96 valence electrons. The van der Waals surface area contributed by atoms with Crippen molar-refractivity contribution in [2.45, 2.75) is 39.0 Å². The fraction of sp³-hybridized carbons (Fsp3) is 0.750. The monoisotopic (exact) mass is 276 g/mol. The topological polar surface area (TPSA) is 43.4 Å². The number of rotatable bonds is 3. The third-order valence-electron chi connectivity index (χ3n) is 2.17. The molecule has 0 rings (SSSR count). The van der Waals surface area contributed by atoms with E-state index in [1.165, 1.54) is 6.92 Å². The lowest BCUT2D eigenvalue weighted by molar-refractivity contribution is -0.0522. The van der Waals surface area contributed by atoms with Gasteiger partial charge in [0.05, 0.1) is 8.07 Å². The molecule has 0 spiro atoms. The van der Waals surface area contributed by atoms with Gasteiger partial charge in [0.25, 0.3) is 0 Å². The van der Waals surface area contributed by atoms with Gasteiger partial charge in [-0.1, -0.05) is 19.6 Å². The van der Waals surface area contributed by atoms with Crippen molar-refractivity contribution >= 4 is 18.2 Å². The summed E-state index contributed by atoms with van der Waals surface area (Å²) < 4.78 is 61.6. The van der Waals surface area contributed by atoms with Gasteiger partial charge in [-0.2, -0.15) is 21.6 Å². The quantitative estimate of drug-likeness (QED) is 0.344. The van der Waals surface area contributed by atoms with Crippen LogP contribution in [0.15, 0.2) is 11.0 Å². The number of allylic oxidation sites excluding steroid dienone is 2. The van der Waals surface area contributed by atoms with Crippen molar-refractivity contribution in [3.8, 4) is 0 Å². The van der Waals surface area contributed by atoms with E-state index in [1.54, 1.807) is 6.92 Å². The molecule has 0 aliphatic carbocycles. The highest BCUT2D eigenvalue weighted by Crippen LogP contribution is 2.28. The van der Waals surface area contributed by atoms with Crippen molar-refractivity contribution in [2.24, 2.45) is 0 Å². The molecular weight excluding hydrogens is 261 g/mol. The van der Waals surface area contributed by atoms with Gasteiger partial charge in [-0.15, -0.1) is 0 Å². The summed E-state index contributed by atoms with van der Waals surface area (Å²) in [6.45, 7) is 8.48. The van der Waals surface area contributed by atoms with Crippen LogP contribution in [0.3, 0.4) is 0 Å². The lowest BCUT2D eigenvalue weighted by Gasteiger charge is -2.20. The van der Waals surface area contributed by atoms with Crippen molar-refractivity contribution in [3.63, 3.8) is 0 Å². The Bertz CT molecular complexity index is 390. The minimum absolute atomic E-state index is 0.184. The molecule has 0 aromatic rings. The Hall–Kier alpha value is -0.503. The molecule has 0 aliphatic rings. The first-order valence-corrected chi connectivity index (χ1v) is 9.38. The zero-order valence-corrected chi connectivity index (χ0v) is 11.6. The summed E-state index contributed by atoms with van der Waals surface area (Å²) in [5.74, 6) is -0.184. The number of alkyl halides is 3. The molecule has 0 heterocycles. The first-order valence-electron chi connectivity index (χ1n) is 4.48. The van der Waals surface area contributed by atoms with Crippen molar-refractivity contribution in [3.05, 3.63) is 11.0 Å². The van der Waals surface area contributed by atoms with Crippen LogP contribution in [-0.4, -0.2) is 22.0 Å². The molecule has 0 saturated heterocycles. The molecule has 0 N–H and O–H groups in total. The van der Waals surface area contributed by atoms with Gasteiger partial charge in [0.1, 0.15) is 5.76 Å². The van der Waals surface area contributed by atoms with Crippen LogP contribution in [0.5, 0.6) is 0 Å². The highest BCUT2D eigenvalue weighted by Gasteiger charge is 2.48. The van der Waals surface area contributed by atoms with E-state index in [4.69, 9.17) is 0 Å². The molecule has 8 heteroatoms. The highest BCUT2D eigenvalue weighted by atomic mass is 32.2. The maximum atomic E-state index is 12.0. The third kappa shape index (κ3) is 3.82. The average Bonchev–Trinajstić information content (AvgIpc) is 1.97. The van der Waals surface area contributed by atoms with Gasteiger partial charge in [-0.25, -0.2) is 0 Å². The van der Waals surface area contributed by atoms with Crippen LogP contribution < -0.4 is 0 Å². The van der Waals surface area contributed by atoms with E-state index >= 15 is 0 Å². The first kappa shape index (κ1) is 15.5. The Morgan fingerprint density at radius 3 is 1.75 bits per heavy atom. The smallest absolute Gasteiger partial charge is 0.381 e. The maximum absolute atomic E-state index is 12.0. The van der Waals surface area contributed by atoms with Gasteiger partial charge >= 0.3 is 15.6 Å². The number of hydrogen-bond acceptors (Lipinski definition) is 3.